The smallest absolute Gasteiger partial charge is 0.253 e. The fourth-order valence-electron chi connectivity index (χ4n) is 3.70. The summed E-state index contributed by atoms with van der Waals surface area (Å²) >= 11 is 0. The highest BCUT2D eigenvalue weighted by atomic mass is 16.1. The summed E-state index contributed by atoms with van der Waals surface area (Å²) in [6.07, 6.45) is 0.699. The van der Waals surface area contributed by atoms with Crippen LogP contribution in [-0.2, 0) is 0 Å². The average Bonchev–Trinajstić information content (AvgIpc) is 3.20. The van der Waals surface area contributed by atoms with Gasteiger partial charge < -0.3 is 15.6 Å². The van der Waals surface area contributed by atoms with Crippen LogP contribution in [0.4, 0.5) is 5.82 Å². The number of nitrogens with one attached hydrogen (secondary N) is 3. The molecule has 1 aromatic carbocycles. The van der Waals surface area contributed by atoms with Crippen molar-refractivity contribution < 1.29 is 4.79 Å². The van der Waals surface area contributed by atoms with Gasteiger partial charge in [0.25, 0.3) is 5.91 Å². The van der Waals surface area contributed by atoms with Crippen LogP contribution in [0.2, 0.25) is 0 Å². The first-order valence-corrected chi connectivity index (χ1v) is 9.94. The van der Waals surface area contributed by atoms with Crippen LogP contribution in [0.5, 0.6) is 0 Å². The molecular formula is C24H23N5O. The first-order valence-electron chi connectivity index (χ1n) is 9.94. The predicted octanol–water partition coefficient (Wildman–Crippen LogP) is 3.61. The van der Waals surface area contributed by atoms with Crippen molar-refractivity contribution in [2.75, 3.05) is 18.4 Å². The highest BCUT2D eigenvalue weighted by Gasteiger charge is 2.28. The Balaban J connectivity index is 1.81. The predicted molar refractivity (Wildman–Crippen MR) is 119 cm³/mol. The number of fused-ring (bicyclic) bond motifs is 2. The molecule has 6 heteroatoms. The standard InChI is InChI=1S/C24H23N5O/c1-4-6-9-16-14-26-24(30)18-13-20(28-21(16)18)17-10-8-11-19-22(17)29-23(15(3)27-19)25-12-7-5-2/h8,10-11,13,16,28H,9,12,14H2,1-3H3,(H,25,29)(H,26,30). The van der Waals surface area contributed by atoms with E-state index in [2.05, 4.69) is 39.3 Å². The van der Waals surface area contributed by atoms with Gasteiger partial charge in [-0.1, -0.05) is 18.1 Å². The molecule has 30 heavy (non-hydrogen) atoms. The molecule has 3 aromatic rings. The number of anilines is 1. The van der Waals surface area contributed by atoms with Crippen molar-refractivity contribution in [3.8, 4) is 34.9 Å². The van der Waals surface area contributed by atoms with Crippen LogP contribution in [-0.4, -0.2) is 33.9 Å². The van der Waals surface area contributed by atoms with Gasteiger partial charge >= 0.3 is 0 Å². The lowest BCUT2D eigenvalue weighted by atomic mass is 9.94. The van der Waals surface area contributed by atoms with E-state index in [1.54, 1.807) is 6.92 Å². The van der Waals surface area contributed by atoms with Crippen LogP contribution in [0.3, 0.4) is 0 Å². The Morgan fingerprint density at radius 2 is 2.00 bits per heavy atom. The second-order valence-electron chi connectivity index (χ2n) is 7.16. The molecule has 3 heterocycles. The number of aryl methyl sites for hydroxylation is 1. The van der Waals surface area contributed by atoms with Gasteiger partial charge in [0.15, 0.2) is 0 Å². The second-order valence-corrected chi connectivity index (χ2v) is 7.16. The molecule has 6 nitrogen and oxygen atoms in total. The lowest BCUT2D eigenvalue weighted by Crippen LogP contribution is -2.34. The zero-order valence-electron chi connectivity index (χ0n) is 17.3. The summed E-state index contributed by atoms with van der Waals surface area (Å²) < 4.78 is 0. The third-order valence-electron chi connectivity index (χ3n) is 5.22. The van der Waals surface area contributed by atoms with Crippen LogP contribution < -0.4 is 10.6 Å². The minimum absolute atomic E-state index is 0.0594. The number of amides is 1. The van der Waals surface area contributed by atoms with Crippen molar-refractivity contribution in [1.29, 1.82) is 0 Å². The molecule has 0 aliphatic carbocycles. The van der Waals surface area contributed by atoms with E-state index in [0.29, 0.717) is 30.9 Å². The molecule has 0 saturated carbocycles. The molecule has 0 saturated heterocycles. The summed E-state index contributed by atoms with van der Waals surface area (Å²) in [5.41, 5.74) is 5.78. The fourth-order valence-corrected chi connectivity index (χ4v) is 3.70. The third-order valence-corrected chi connectivity index (χ3v) is 5.22. The zero-order valence-corrected chi connectivity index (χ0v) is 17.3. The maximum atomic E-state index is 12.4. The van der Waals surface area contributed by atoms with Gasteiger partial charge in [0, 0.05) is 35.8 Å². The topological polar surface area (TPSA) is 82.7 Å². The number of hydrogen-bond acceptors (Lipinski definition) is 4. The minimum atomic E-state index is -0.0594. The maximum Gasteiger partial charge on any atom is 0.253 e. The molecule has 150 valence electrons. The third kappa shape index (κ3) is 3.60. The number of para-hydroxylation sites is 1. The Hall–Kier alpha value is -3.77. The molecule has 0 spiro atoms. The van der Waals surface area contributed by atoms with Gasteiger partial charge in [-0.3, -0.25) is 4.79 Å². The summed E-state index contributed by atoms with van der Waals surface area (Å²) in [6, 6.07) is 7.81. The number of carbonyl (C=O) groups is 1. The lowest BCUT2D eigenvalue weighted by Gasteiger charge is -2.21. The number of carbonyl (C=O) groups excluding carboxylic acids is 1. The summed E-state index contributed by atoms with van der Waals surface area (Å²) in [5, 5.41) is 6.20. The van der Waals surface area contributed by atoms with Crippen molar-refractivity contribution in [3.63, 3.8) is 0 Å². The molecule has 1 unspecified atom stereocenters. The molecule has 3 N–H and O–H groups in total. The maximum absolute atomic E-state index is 12.4. The van der Waals surface area contributed by atoms with Gasteiger partial charge in [-0.05, 0) is 32.9 Å². The Morgan fingerprint density at radius 1 is 1.17 bits per heavy atom. The molecule has 1 amide bonds. The van der Waals surface area contributed by atoms with E-state index in [9.17, 15) is 4.79 Å². The van der Waals surface area contributed by atoms with Gasteiger partial charge in [-0.25, -0.2) is 9.97 Å². The van der Waals surface area contributed by atoms with Crippen molar-refractivity contribution in [3.05, 3.63) is 41.2 Å². The quantitative estimate of drug-likeness (QED) is 0.588. The Kier molecular flexibility index (Phi) is 5.41. The first-order chi connectivity index (χ1) is 14.6. The van der Waals surface area contributed by atoms with Crippen molar-refractivity contribution >= 4 is 22.8 Å². The van der Waals surface area contributed by atoms with E-state index < -0.39 is 0 Å². The molecule has 1 aliphatic rings. The fraction of sp³-hybridized carbons (Fsp3) is 0.292. The van der Waals surface area contributed by atoms with E-state index in [4.69, 9.17) is 9.97 Å². The van der Waals surface area contributed by atoms with Crippen LogP contribution in [0.25, 0.3) is 22.3 Å². The number of rotatable bonds is 4. The van der Waals surface area contributed by atoms with Gasteiger partial charge in [0.05, 0.1) is 23.3 Å². The van der Waals surface area contributed by atoms with Gasteiger partial charge in [-0.2, -0.15) is 0 Å². The SMILES string of the molecule is CC#CCNc1nc2c(-c3cc4c([nH]3)C(CC#CC)CNC4=O)cccc2nc1C. The number of H-pyrrole nitrogens is 1. The molecule has 0 fully saturated rings. The highest BCUT2D eigenvalue weighted by Crippen LogP contribution is 2.33. The molecule has 1 atom stereocenters. The van der Waals surface area contributed by atoms with Crippen LogP contribution in [0, 0.1) is 30.6 Å². The molecule has 0 radical (unpaired) electrons. The molecular weight excluding hydrogens is 374 g/mol. The number of nitrogens with zero attached hydrogens (tertiary/aromatic N) is 2. The van der Waals surface area contributed by atoms with E-state index in [0.717, 1.165) is 33.7 Å². The largest absolute Gasteiger partial charge is 0.358 e. The number of aromatic nitrogens is 3. The minimum Gasteiger partial charge on any atom is -0.358 e. The van der Waals surface area contributed by atoms with E-state index >= 15 is 0 Å². The summed E-state index contributed by atoms with van der Waals surface area (Å²) in [5.74, 6) is 12.7. The second kappa shape index (κ2) is 8.31. The molecule has 4 rings (SSSR count). The molecule has 0 bridgehead atoms. The van der Waals surface area contributed by atoms with Crippen LogP contribution in [0.15, 0.2) is 24.3 Å². The first kappa shape index (κ1) is 19.5. The van der Waals surface area contributed by atoms with E-state index in [1.807, 2.05) is 38.1 Å². The Bertz CT molecular complexity index is 1250. The van der Waals surface area contributed by atoms with Crippen LogP contribution >= 0.6 is 0 Å². The number of hydrogen-bond donors (Lipinski definition) is 3. The average molecular weight is 397 g/mol. The van der Waals surface area contributed by atoms with Gasteiger partial charge in [-0.15, -0.1) is 17.8 Å². The number of aromatic amines is 1. The van der Waals surface area contributed by atoms with E-state index in [-0.39, 0.29) is 11.8 Å². The lowest BCUT2D eigenvalue weighted by molar-refractivity contribution is 0.0940. The van der Waals surface area contributed by atoms with Crippen LogP contribution in [0.1, 0.15) is 47.9 Å². The van der Waals surface area contributed by atoms with Crippen molar-refractivity contribution in [2.24, 2.45) is 0 Å². The normalized spacial score (nSPS) is 14.8. The molecule has 1 aliphatic heterocycles. The van der Waals surface area contributed by atoms with Gasteiger partial charge in [0.2, 0.25) is 0 Å². The highest BCUT2D eigenvalue weighted by molar-refractivity contribution is 6.00. The Labute approximate surface area is 175 Å². The summed E-state index contributed by atoms with van der Waals surface area (Å²) in [7, 11) is 0. The summed E-state index contributed by atoms with van der Waals surface area (Å²) in [4.78, 5) is 25.5. The van der Waals surface area contributed by atoms with Crippen molar-refractivity contribution in [1.82, 2.24) is 20.3 Å². The van der Waals surface area contributed by atoms with E-state index in [1.165, 1.54) is 0 Å². The Morgan fingerprint density at radius 3 is 2.80 bits per heavy atom. The summed E-state index contributed by atoms with van der Waals surface area (Å²) in [6.45, 7) is 6.66. The zero-order chi connectivity index (χ0) is 21.1. The van der Waals surface area contributed by atoms with Crippen molar-refractivity contribution in [2.45, 2.75) is 33.1 Å². The molecule has 2 aromatic heterocycles. The number of benzene rings is 1. The van der Waals surface area contributed by atoms with Gasteiger partial charge in [0.1, 0.15) is 11.3 Å². The monoisotopic (exact) mass is 397 g/mol.